The number of fused-ring (bicyclic) bond motifs is 1. The van der Waals surface area contributed by atoms with E-state index >= 15 is 0 Å². The lowest BCUT2D eigenvalue weighted by Gasteiger charge is -2.31. The molecule has 1 aliphatic rings. The third-order valence-electron chi connectivity index (χ3n) is 5.24. The summed E-state index contributed by atoms with van der Waals surface area (Å²) in [6, 6.07) is 7.61. The summed E-state index contributed by atoms with van der Waals surface area (Å²) in [6.45, 7) is 1.24. The minimum absolute atomic E-state index is 0.237. The van der Waals surface area contributed by atoms with Gasteiger partial charge in [-0.3, -0.25) is 4.79 Å². The molecule has 0 unspecified atom stereocenters. The molecule has 9 heteroatoms. The maximum absolute atomic E-state index is 12.8. The van der Waals surface area contributed by atoms with Crippen molar-refractivity contribution >= 4 is 34.3 Å². The topological polar surface area (TPSA) is 118 Å². The molecule has 3 aromatic rings. The SMILES string of the molecule is Cc1noc2nc(-c3cccs3)cc(C(=O)OCC(=O)NC3(C#N)CCCCC3)c12. The van der Waals surface area contributed by atoms with Crippen molar-refractivity contribution in [3.8, 4) is 16.6 Å². The Morgan fingerprint density at radius 3 is 2.87 bits per heavy atom. The van der Waals surface area contributed by atoms with Crippen LogP contribution in [0.4, 0.5) is 0 Å². The maximum atomic E-state index is 12.8. The van der Waals surface area contributed by atoms with Crippen molar-refractivity contribution in [3.63, 3.8) is 0 Å². The number of aromatic nitrogens is 2. The van der Waals surface area contributed by atoms with Crippen LogP contribution in [-0.4, -0.2) is 34.2 Å². The van der Waals surface area contributed by atoms with Crippen LogP contribution in [0.3, 0.4) is 0 Å². The summed E-state index contributed by atoms with van der Waals surface area (Å²) in [7, 11) is 0. The molecule has 0 aromatic carbocycles. The van der Waals surface area contributed by atoms with Crippen molar-refractivity contribution in [1.82, 2.24) is 15.5 Å². The van der Waals surface area contributed by atoms with Crippen LogP contribution in [0.5, 0.6) is 0 Å². The first-order valence-corrected chi connectivity index (χ1v) is 10.6. The largest absolute Gasteiger partial charge is 0.452 e. The van der Waals surface area contributed by atoms with Crippen molar-refractivity contribution in [1.29, 1.82) is 5.26 Å². The van der Waals surface area contributed by atoms with Gasteiger partial charge in [0.25, 0.3) is 11.6 Å². The molecule has 30 heavy (non-hydrogen) atoms. The Bertz CT molecular complexity index is 1120. The molecular weight excluding hydrogens is 404 g/mol. The molecule has 0 spiro atoms. The number of rotatable bonds is 5. The number of esters is 1. The smallest absolute Gasteiger partial charge is 0.339 e. The maximum Gasteiger partial charge on any atom is 0.339 e. The molecule has 3 heterocycles. The molecule has 0 atom stereocenters. The highest BCUT2D eigenvalue weighted by Gasteiger charge is 2.33. The minimum atomic E-state index is -0.872. The van der Waals surface area contributed by atoms with Gasteiger partial charge in [0.05, 0.1) is 33.3 Å². The number of amides is 1. The molecule has 154 valence electrons. The monoisotopic (exact) mass is 424 g/mol. The number of nitrogens with one attached hydrogen (secondary N) is 1. The average Bonchev–Trinajstić information content (AvgIpc) is 3.42. The van der Waals surface area contributed by atoms with E-state index in [0.29, 0.717) is 29.6 Å². The van der Waals surface area contributed by atoms with Crippen LogP contribution in [0.2, 0.25) is 0 Å². The summed E-state index contributed by atoms with van der Waals surface area (Å²) in [5.74, 6) is -1.16. The number of pyridine rings is 1. The number of thiophene rings is 1. The van der Waals surface area contributed by atoms with Gasteiger partial charge in [0.2, 0.25) is 0 Å². The molecule has 1 aliphatic carbocycles. The predicted molar refractivity (Wildman–Crippen MR) is 110 cm³/mol. The third kappa shape index (κ3) is 3.91. The predicted octanol–water partition coefficient (Wildman–Crippen LogP) is 3.76. The van der Waals surface area contributed by atoms with Gasteiger partial charge < -0.3 is 14.6 Å². The zero-order valence-corrected chi connectivity index (χ0v) is 17.3. The van der Waals surface area contributed by atoms with Gasteiger partial charge in [0, 0.05) is 0 Å². The van der Waals surface area contributed by atoms with Crippen molar-refractivity contribution in [2.45, 2.75) is 44.6 Å². The minimum Gasteiger partial charge on any atom is -0.452 e. The number of ether oxygens (including phenoxy) is 1. The molecule has 4 rings (SSSR count). The fourth-order valence-corrected chi connectivity index (χ4v) is 4.42. The second-order valence-electron chi connectivity index (χ2n) is 7.36. The number of nitriles is 1. The van der Waals surface area contributed by atoms with Gasteiger partial charge in [0.1, 0.15) is 5.54 Å². The van der Waals surface area contributed by atoms with Gasteiger partial charge in [-0.1, -0.05) is 30.5 Å². The summed E-state index contributed by atoms with van der Waals surface area (Å²) >= 11 is 1.48. The van der Waals surface area contributed by atoms with E-state index in [1.54, 1.807) is 13.0 Å². The van der Waals surface area contributed by atoms with Crippen molar-refractivity contribution < 1.29 is 18.8 Å². The summed E-state index contributed by atoms with van der Waals surface area (Å²) in [5.41, 5.74) is 0.680. The Morgan fingerprint density at radius 1 is 1.37 bits per heavy atom. The Kier molecular flexibility index (Phi) is 5.50. The first-order chi connectivity index (χ1) is 14.5. The molecule has 1 N–H and O–H groups in total. The van der Waals surface area contributed by atoms with E-state index in [2.05, 4.69) is 21.5 Å². The summed E-state index contributed by atoms with van der Waals surface area (Å²) < 4.78 is 10.5. The molecule has 1 amide bonds. The van der Waals surface area contributed by atoms with Gasteiger partial charge in [-0.25, -0.2) is 9.78 Å². The van der Waals surface area contributed by atoms with Gasteiger partial charge in [-0.15, -0.1) is 11.3 Å². The number of carbonyl (C=O) groups is 2. The third-order valence-corrected chi connectivity index (χ3v) is 6.14. The summed E-state index contributed by atoms with van der Waals surface area (Å²) in [6.07, 6.45) is 4.05. The van der Waals surface area contributed by atoms with Crippen LogP contribution in [-0.2, 0) is 9.53 Å². The standard InChI is InChI=1S/C21H20N4O4S/c1-13-18-14(10-15(16-6-5-9-30-16)23-19(18)29-25-13)20(27)28-11-17(26)24-21(12-22)7-3-2-4-8-21/h5-6,9-10H,2-4,7-8,11H2,1H3,(H,24,26). The van der Waals surface area contributed by atoms with E-state index in [4.69, 9.17) is 9.26 Å². The zero-order valence-electron chi connectivity index (χ0n) is 16.4. The summed E-state index contributed by atoms with van der Waals surface area (Å²) in [5, 5.41) is 18.5. The molecule has 0 saturated heterocycles. The zero-order chi connectivity index (χ0) is 21.1. The fourth-order valence-electron chi connectivity index (χ4n) is 3.74. The van der Waals surface area contributed by atoms with E-state index in [-0.39, 0.29) is 11.3 Å². The van der Waals surface area contributed by atoms with E-state index in [1.807, 2.05) is 17.5 Å². The summed E-state index contributed by atoms with van der Waals surface area (Å²) in [4.78, 5) is 30.5. The fraction of sp³-hybridized carbons (Fsp3) is 0.381. The molecule has 1 fully saturated rings. The van der Waals surface area contributed by atoms with Gasteiger partial charge in [-0.05, 0) is 37.3 Å². The van der Waals surface area contributed by atoms with Crippen LogP contribution in [0.25, 0.3) is 21.7 Å². The highest BCUT2D eigenvalue weighted by Crippen LogP contribution is 2.30. The van der Waals surface area contributed by atoms with E-state index in [1.165, 1.54) is 11.3 Å². The number of hydrogen-bond donors (Lipinski definition) is 1. The first kappa shape index (κ1) is 20.0. The molecule has 0 bridgehead atoms. The normalized spacial score (nSPS) is 15.5. The van der Waals surface area contributed by atoms with Crippen molar-refractivity contribution in [2.75, 3.05) is 6.61 Å². The van der Waals surface area contributed by atoms with Crippen molar-refractivity contribution in [3.05, 3.63) is 34.8 Å². The molecule has 8 nitrogen and oxygen atoms in total. The molecule has 3 aromatic heterocycles. The van der Waals surface area contributed by atoms with Crippen LogP contribution in [0.1, 0.15) is 48.2 Å². The first-order valence-electron chi connectivity index (χ1n) is 9.72. The van der Waals surface area contributed by atoms with E-state index in [0.717, 1.165) is 24.1 Å². The number of carbonyl (C=O) groups excluding carboxylic acids is 2. The van der Waals surface area contributed by atoms with Crippen molar-refractivity contribution in [2.24, 2.45) is 0 Å². The van der Waals surface area contributed by atoms with Gasteiger partial charge in [-0.2, -0.15) is 5.26 Å². The second-order valence-corrected chi connectivity index (χ2v) is 8.31. The Balaban J connectivity index is 1.52. The quantitative estimate of drug-likeness (QED) is 0.620. The molecule has 0 aliphatic heterocycles. The Labute approximate surface area is 176 Å². The average molecular weight is 424 g/mol. The molecule has 1 saturated carbocycles. The van der Waals surface area contributed by atoms with Crippen LogP contribution in [0.15, 0.2) is 28.1 Å². The number of aryl methyl sites for hydroxylation is 1. The Morgan fingerprint density at radius 2 is 2.17 bits per heavy atom. The van der Waals surface area contributed by atoms with Crippen LogP contribution >= 0.6 is 11.3 Å². The van der Waals surface area contributed by atoms with Gasteiger partial charge in [0.15, 0.2) is 6.61 Å². The molecule has 0 radical (unpaired) electrons. The highest BCUT2D eigenvalue weighted by molar-refractivity contribution is 7.13. The number of hydrogen-bond acceptors (Lipinski definition) is 8. The lowest BCUT2D eigenvalue weighted by molar-refractivity contribution is -0.125. The van der Waals surface area contributed by atoms with E-state index in [9.17, 15) is 14.9 Å². The lowest BCUT2D eigenvalue weighted by atomic mass is 9.83. The lowest BCUT2D eigenvalue weighted by Crippen LogP contribution is -2.50. The van der Waals surface area contributed by atoms with Crippen LogP contribution in [0, 0.1) is 18.3 Å². The van der Waals surface area contributed by atoms with Crippen LogP contribution < -0.4 is 5.32 Å². The Hall–Kier alpha value is -3.25. The number of nitrogens with zero attached hydrogens (tertiary/aromatic N) is 3. The second kappa shape index (κ2) is 8.24. The highest BCUT2D eigenvalue weighted by atomic mass is 32.1. The van der Waals surface area contributed by atoms with E-state index < -0.39 is 24.0 Å². The molecular formula is C21H20N4O4S. The van der Waals surface area contributed by atoms with Gasteiger partial charge >= 0.3 is 5.97 Å².